The molecule has 1 unspecified atom stereocenters. The van der Waals surface area contributed by atoms with Crippen molar-refractivity contribution in [3.8, 4) is 0 Å². The molecule has 0 saturated carbocycles. The first-order chi connectivity index (χ1) is 9.69. The number of hydrogen-bond acceptors (Lipinski definition) is 4. The van der Waals surface area contributed by atoms with E-state index in [-0.39, 0.29) is 5.97 Å². The van der Waals surface area contributed by atoms with E-state index >= 15 is 0 Å². The Bertz CT molecular complexity index is 548. The normalized spacial score (nSPS) is 12.1. The molecule has 106 valence electrons. The van der Waals surface area contributed by atoms with Crippen LogP contribution in [-0.4, -0.2) is 19.1 Å². The largest absolute Gasteiger partial charge is 0.467 e. The summed E-state index contributed by atoms with van der Waals surface area (Å²) in [6.07, 6.45) is 2.37. The van der Waals surface area contributed by atoms with E-state index in [2.05, 4.69) is 29.1 Å². The number of carbonyl (C=O) groups excluding carboxylic acids is 1. The molecule has 4 nitrogen and oxygen atoms in total. The Morgan fingerprint density at radius 2 is 2.10 bits per heavy atom. The van der Waals surface area contributed by atoms with Crippen molar-refractivity contribution >= 4 is 5.97 Å². The standard InChI is InChI=1S/C16H19NO3/c1-12(8-13-6-4-3-5-7-13)17-10-15-9-14(11-20-15)16(18)19-2/h3-7,9,11-12,17H,8,10H2,1-2H3. The van der Waals surface area contributed by atoms with E-state index in [1.165, 1.54) is 18.9 Å². The van der Waals surface area contributed by atoms with E-state index in [0.29, 0.717) is 18.2 Å². The van der Waals surface area contributed by atoms with Crippen molar-refractivity contribution < 1.29 is 13.9 Å². The third-order valence-electron chi connectivity index (χ3n) is 3.08. The van der Waals surface area contributed by atoms with Gasteiger partial charge in [0.05, 0.1) is 19.2 Å². The summed E-state index contributed by atoms with van der Waals surface area (Å²) in [5.41, 5.74) is 1.74. The molecule has 0 radical (unpaired) electrons. The van der Waals surface area contributed by atoms with Crippen molar-refractivity contribution in [2.24, 2.45) is 0 Å². The van der Waals surface area contributed by atoms with Crippen LogP contribution in [0.25, 0.3) is 0 Å². The van der Waals surface area contributed by atoms with Gasteiger partial charge in [-0.05, 0) is 25.0 Å². The Morgan fingerprint density at radius 1 is 1.35 bits per heavy atom. The number of ether oxygens (including phenoxy) is 1. The average Bonchev–Trinajstić information content (AvgIpc) is 2.94. The molecule has 1 aromatic carbocycles. The molecule has 0 aliphatic carbocycles. The van der Waals surface area contributed by atoms with Crippen LogP contribution in [0.4, 0.5) is 0 Å². The first-order valence-corrected chi connectivity index (χ1v) is 6.62. The minimum atomic E-state index is -0.377. The molecule has 0 saturated heterocycles. The molecule has 0 aliphatic rings. The van der Waals surface area contributed by atoms with Gasteiger partial charge in [-0.25, -0.2) is 4.79 Å². The van der Waals surface area contributed by atoms with Gasteiger partial charge in [-0.2, -0.15) is 0 Å². The first-order valence-electron chi connectivity index (χ1n) is 6.62. The topological polar surface area (TPSA) is 51.5 Å². The van der Waals surface area contributed by atoms with Crippen LogP contribution in [0.15, 0.2) is 47.1 Å². The molecule has 1 heterocycles. The lowest BCUT2D eigenvalue weighted by Gasteiger charge is -2.12. The zero-order valence-corrected chi connectivity index (χ0v) is 11.8. The van der Waals surface area contributed by atoms with Gasteiger partial charge in [0.2, 0.25) is 0 Å². The smallest absolute Gasteiger partial charge is 0.341 e. The third kappa shape index (κ3) is 3.96. The maximum atomic E-state index is 11.3. The Balaban J connectivity index is 1.83. The molecule has 20 heavy (non-hydrogen) atoms. The summed E-state index contributed by atoms with van der Waals surface area (Å²) in [7, 11) is 1.36. The van der Waals surface area contributed by atoms with Crippen molar-refractivity contribution in [1.82, 2.24) is 5.32 Å². The van der Waals surface area contributed by atoms with Crippen LogP contribution in [-0.2, 0) is 17.7 Å². The zero-order chi connectivity index (χ0) is 14.4. The maximum absolute atomic E-state index is 11.3. The van der Waals surface area contributed by atoms with Gasteiger partial charge in [0.25, 0.3) is 0 Å². The summed E-state index contributed by atoms with van der Waals surface area (Å²) < 4.78 is 9.96. The monoisotopic (exact) mass is 273 g/mol. The highest BCUT2D eigenvalue weighted by molar-refractivity contribution is 5.88. The van der Waals surface area contributed by atoms with Crippen molar-refractivity contribution in [1.29, 1.82) is 0 Å². The Morgan fingerprint density at radius 3 is 2.80 bits per heavy atom. The number of hydrogen-bond donors (Lipinski definition) is 1. The summed E-state index contributed by atoms with van der Waals surface area (Å²) in [6, 6.07) is 12.3. The van der Waals surface area contributed by atoms with E-state index in [0.717, 1.165) is 12.2 Å². The quantitative estimate of drug-likeness (QED) is 0.822. The molecule has 0 amide bonds. The molecule has 2 aromatic rings. The number of furan rings is 1. The van der Waals surface area contributed by atoms with Crippen LogP contribution < -0.4 is 5.32 Å². The maximum Gasteiger partial charge on any atom is 0.341 e. The van der Waals surface area contributed by atoms with Crippen molar-refractivity contribution in [3.05, 3.63) is 59.5 Å². The molecule has 0 spiro atoms. The lowest BCUT2D eigenvalue weighted by Crippen LogP contribution is -2.27. The van der Waals surface area contributed by atoms with Gasteiger partial charge in [-0.1, -0.05) is 30.3 Å². The fourth-order valence-corrected chi connectivity index (χ4v) is 2.01. The second-order valence-corrected chi connectivity index (χ2v) is 4.76. The molecular weight excluding hydrogens is 254 g/mol. The van der Waals surface area contributed by atoms with Gasteiger partial charge < -0.3 is 14.5 Å². The van der Waals surface area contributed by atoms with Crippen LogP contribution in [0.3, 0.4) is 0 Å². The number of methoxy groups -OCH3 is 1. The van der Waals surface area contributed by atoms with Crippen molar-refractivity contribution in [2.75, 3.05) is 7.11 Å². The van der Waals surface area contributed by atoms with E-state index < -0.39 is 0 Å². The summed E-state index contributed by atoms with van der Waals surface area (Å²) >= 11 is 0. The highest BCUT2D eigenvalue weighted by atomic mass is 16.5. The van der Waals surface area contributed by atoms with E-state index in [4.69, 9.17) is 4.42 Å². The van der Waals surface area contributed by atoms with Crippen LogP contribution in [0.5, 0.6) is 0 Å². The first kappa shape index (κ1) is 14.3. The SMILES string of the molecule is COC(=O)c1coc(CNC(C)Cc2ccccc2)c1. The molecule has 1 aromatic heterocycles. The van der Waals surface area contributed by atoms with Gasteiger partial charge in [0.1, 0.15) is 12.0 Å². The summed E-state index contributed by atoms with van der Waals surface area (Å²) in [5.74, 6) is 0.350. The lowest BCUT2D eigenvalue weighted by atomic mass is 10.1. The number of rotatable bonds is 6. The molecule has 4 heteroatoms. The van der Waals surface area contributed by atoms with Gasteiger partial charge in [0.15, 0.2) is 0 Å². The minimum absolute atomic E-state index is 0.323. The Kier molecular flexibility index (Phi) is 4.96. The van der Waals surface area contributed by atoms with Crippen molar-refractivity contribution in [3.63, 3.8) is 0 Å². The minimum Gasteiger partial charge on any atom is -0.467 e. The average molecular weight is 273 g/mol. The van der Waals surface area contributed by atoms with Gasteiger partial charge in [-0.3, -0.25) is 0 Å². The molecule has 0 aliphatic heterocycles. The fourth-order valence-electron chi connectivity index (χ4n) is 2.01. The van der Waals surface area contributed by atoms with Crippen LogP contribution in [0, 0.1) is 0 Å². The van der Waals surface area contributed by atoms with Gasteiger partial charge in [-0.15, -0.1) is 0 Å². The third-order valence-corrected chi connectivity index (χ3v) is 3.08. The number of benzene rings is 1. The molecule has 1 N–H and O–H groups in total. The van der Waals surface area contributed by atoms with E-state index in [1.54, 1.807) is 6.07 Å². The van der Waals surface area contributed by atoms with Crippen molar-refractivity contribution in [2.45, 2.75) is 25.9 Å². The van der Waals surface area contributed by atoms with Gasteiger partial charge in [0, 0.05) is 6.04 Å². The molecule has 0 fully saturated rings. The zero-order valence-electron chi connectivity index (χ0n) is 11.8. The summed E-state index contributed by atoms with van der Waals surface area (Å²) in [6.45, 7) is 2.71. The lowest BCUT2D eigenvalue weighted by molar-refractivity contribution is 0.0600. The molecule has 2 rings (SSSR count). The summed E-state index contributed by atoms with van der Waals surface area (Å²) in [4.78, 5) is 11.3. The summed E-state index contributed by atoms with van der Waals surface area (Å²) in [5, 5.41) is 3.37. The molecular formula is C16H19NO3. The molecule has 0 bridgehead atoms. The highest BCUT2D eigenvalue weighted by Crippen LogP contribution is 2.10. The Labute approximate surface area is 118 Å². The second-order valence-electron chi connectivity index (χ2n) is 4.76. The highest BCUT2D eigenvalue weighted by Gasteiger charge is 2.10. The fraction of sp³-hybridized carbons (Fsp3) is 0.312. The number of carbonyl (C=O) groups is 1. The van der Waals surface area contributed by atoms with E-state index in [9.17, 15) is 4.79 Å². The number of esters is 1. The number of nitrogens with one attached hydrogen (secondary N) is 1. The van der Waals surface area contributed by atoms with E-state index in [1.807, 2.05) is 18.2 Å². The van der Waals surface area contributed by atoms with Gasteiger partial charge >= 0.3 is 5.97 Å². The van der Waals surface area contributed by atoms with Crippen LogP contribution in [0.1, 0.15) is 28.6 Å². The van der Waals surface area contributed by atoms with Crippen LogP contribution in [0.2, 0.25) is 0 Å². The second kappa shape index (κ2) is 6.91. The Hall–Kier alpha value is -2.07. The molecule has 1 atom stereocenters. The predicted octanol–water partition coefficient (Wildman–Crippen LogP) is 2.79. The predicted molar refractivity (Wildman–Crippen MR) is 76.5 cm³/mol. The van der Waals surface area contributed by atoms with Crippen LogP contribution >= 0.6 is 0 Å².